The second kappa shape index (κ2) is 5.16. The second-order valence-electron chi connectivity index (χ2n) is 3.55. The highest BCUT2D eigenvalue weighted by Gasteiger charge is 1.94. The lowest BCUT2D eigenvalue weighted by Crippen LogP contribution is -2.00. The minimum Gasteiger partial charge on any atom is -0.388 e. The van der Waals surface area contributed by atoms with Crippen LogP contribution in [-0.4, -0.2) is 12.0 Å². The summed E-state index contributed by atoms with van der Waals surface area (Å²) in [6, 6.07) is 12.2. The summed E-state index contributed by atoms with van der Waals surface area (Å²) in [5, 5.41) is 6.47. The van der Waals surface area contributed by atoms with Gasteiger partial charge < -0.3 is 10.6 Å². The smallest absolute Gasteiger partial charge is 0.0416 e. The molecule has 0 aliphatic heterocycles. The van der Waals surface area contributed by atoms with Gasteiger partial charge in [-0.15, -0.1) is 0 Å². The van der Waals surface area contributed by atoms with Crippen LogP contribution in [0.3, 0.4) is 0 Å². The van der Waals surface area contributed by atoms with Crippen LogP contribution in [-0.2, 0) is 6.54 Å². The molecule has 3 heteroatoms. The summed E-state index contributed by atoms with van der Waals surface area (Å²) in [7, 11) is 1.92. The molecule has 0 saturated carbocycles. The van der Waals surface area contributed by atoms with Gasteiger partial charge in [-0.3, -0.25) is 4.98 Å². The Balaban J connectivity index is 1.99. The third-order valence-corrected chi connectivity index (χ3v) is 2.37. The van der Waals surface area contributed by atoms with Crippen molar-refractivity contribution in [2.24, 2.45) is 0 Å². The molecule has 1 heterocycles. The van der Waals surface area contributed by atoms with Crippen LogP contribution >= 0.6 is 0 Å². The molecule has 82 valence electrons. The van der Waals surface area contributed by atoms with Crippen molar-refractivity contribution in [1.29, 1.82) is 0 Å². The molecule has 0 aliphatic rings. The molecule has 0 aliphatic carbocycles. The second-order valence-corrected chi connectivity index (χ2v) is 3.55. The van der Waals surface area contributed by atoms with Gasteiger partial charge in [-0.05, 0) is 29.8 Å². The molecule has 2 aromatic rings. The van der Waals surface area contributed by atoms with E-state index in [1.165, 1.54) is 5.56 Å². The molecule has 2 rings (SSSR count). The molecule has 0 unspecified atom stereocenters. The molecule has 3 nitrogen and oxygen atoms in total. The Bertz CT molecular complexity index is 440. The summed E-state index contributed by atoms with van der Waals surface area (Å²) in [4.78, 5) is 4.08. The van der Waals surface area contributed by atoms with Crippen LogP contribution in [0.2, 0.25) is 0 Å². The van der Waals surface area contributed by atoms with Gasteiger partial charge in [0.25, 0.3) is 0 Å². The highest BCUT2D eigenvalue weighted by atomic mass is 14.9. The molecular weight excluding hydrogens is 198 g/mol. The lowest BCUT2D eigenvalue weighted by atomic mass is 10.2. The lowest BCUT2D eigenvalue weighted by Gasteiger charge is -2.07. The Kier molecular flexibility index (Phi) is 3.38. The fourth-order valence-electron chi connectivity index (χ4n) is 1.49. The molecule has 0 spiro atoms. The van der Waals surface area contributed by atoms with Gasteiger partial charge in [-0.1, -0.05) is 12.1 Å². The molecule has 2 N–H and O–H groups in total. The van der Waals surface area contributed by atoms with Crippen LogP contribution in [0, 0.1) is 0 Å². The Morgan fingerprint density at radius 3 is 2.75 bits per heavy atom. The first-order valence-electron chi connectivity index (χ1n) is 5.29. The van der Waals surface area contributed by atoms with Gasteiger partial charge in [0.05, 0.1) is 0 Å². The molecule has 0 amide bonds. The van der Waals surface area contributed by atoms with E-state index in [9.17, 15) is 0 Å². The Morgan fingerprint density at radius 1 is 1.12 bits per heavy atom. The van der Waals surface area contributed by atoms with E-state index >= 15 is 0 Å². The monoisotopic (exact) mass is 213 g/mol. The molecule has 0 atom stereocenters. The van der Waals surface area contributed by atoms with E-state index in [-0.39, 0.29) is 0 Å². The summed E-state index contributed by atoms with van der Waals surface area (Å²) < 4.78 is 0. The van der Waals surface area contributed by atoms with Gasteiger partial charge in [0.2, 0.25) is 0 Å². The minimum atomic E-state index is 0.793. The maximum Gasteiger partial charge on any atom is 0.0416 e. The molecule has 16 heavy (non-hydrogen) atoms. The zero-order valence-corrected chi connectivity index (χ0v) is 9.27. The number of hydrogen-bond donors (Lipinski definition) is 2. The molecule has 0 bridgehead atoms. The summed E-state index contributed by atoms with van der Waals surface area (Å²) in [6.07, 6.45) is 3.65. The van der Waals surface area contributed by atoms with Crippen molar-refractivity contribution in [3.8, 4) is 0 Å². The van der Waals surface area contributed by atoms with Crippen LogP contribution in [0.4, 0.5) is 11.4 Å². The van der Waals surface area contributed by atoms with Gasteiger partial charge >= 0.3 is 0 Å². The standard InChI is InChI=1S/C13H15N3/c1-14-12-5-2-6-13(8-12)16-10-11-4-3-7-15-9-11/h2-9,14,16H,10H2,1H3. The third-order valence-electron chi connectivity index (χ3n) is 2.37. The largest absolute Gasteiger partial charge is 0.388 e. The Labute approximate surface area is 95.5 Å². The van der Waals surface area contributed by atoms with Gasteiger partial charge in [0.1, 0.15) is 0 Å². The fraction of sp³-hybridized carbons (Fsp3) is 0.154. The Hall–Kier alpha value is -2.03. The minimum absolute atomic E-state index is 0.793. The molecular formula is C13H15N3. The predicted octanol–water partition coefficient (Wildman–Crippen LogP) is 2.74. The van der Waals surface area contributed by atoms with E-state index in [0.29, 0.717) is 0 Å². The van der Waals surface area contributed by atoms with Gasteiger partial charge in [-0.25, -0.2) is 0 Å². The number of hydrogen-bond acceptors (Lipinski definition) is 3. The molecule has 1 aromatic heterocycles. The number of benzene rings is 1. The third kappa shape index (κ3) is 2.73. The number of nitrogens with zero attached hydrogens (tertiary/aromatic N) is 1. The molecule has 0 fully saturated rings. The van der Waals surface area contributed by atoms with E-state index in [2.05, 4.69) is 33.8 Å². The van der Waals surface area contributed by atoms with Crippen molar-refractivity contribution in [1.82, 2.24) is 4.98 Å². The van der Waals surface area contributed by atoms with Gasteiger partial charge in [-0.2, -0.15) is 0 Å². The van der Waals surface area contributed by atoms with E-state index in [1.807, 2.05) is 31.4 Å². The van der Waals surface area contributed by atoms with Crippen LogP contribution in [0.15, 0.2) is 48.8 Å². The van der Waals surface area contributed by atoms with Crippen molar-refractivity contribution in [3.63, 3.8) is 0 Å². The number of rotatable bonds is 4. The number of pyridine rings is 1. The van der Waals surface area contributed by atoms with Crippen molar-refractivity contribution in [3.05, 3.63) is 54.4 Å². The highest BCUT2D eigenvalue weighted by molar-refractivity contribution is 5.56. The van der Waals surface area contributed by atoms with E-state index < -0.39 is 0 Å². The van der Waals surface area contributed by atoms with Crippen LogP contribution in [0.5, 0.6) is 0 Å². The lowest BCUT2D eigenvalue weighted by molar-refractivity contribution is 1.11. The first-order valence-corrected chi connectivity index (χ1v) is 5.29. The summed E-state index contributed by atoms with van der Waals surface area (Å²) >= 11 is 0. The van der Waals surface area contributed by atoms with Gasteiger partial charge in [0.15, 0.2) is 0 Å². The first kappa shape index (κ1) is 10.5. The highest BCUT2D eigenvalue weighted by Crippen LogP contribution is 2.15. The average molecular weight is 213 g/mol. The van der Waals surface area contributed by atoms with Crippen molar-refractivity contribution in [2.75, 3.05) is 17.7 Å². The van der Waals surface area contributed by atoms with E-state index in [0.717, 1.165) is 17.9 Å². The zero-order chi connectivity index (χ0) is 11.2. The van der Waals surface area contributed by atoms with Crippen LogP contribution in [0.1, 0.15) is 5.56 Å². The Morgan fingerprint density at radius 2 is 2.00 bits per heavy atom. The predicted molar refractivity (Wildman–Crippen MR) is 67.6 cm³/mol. The number of nitrogens with one attached hydrogen (secondary N) is 2. The quantitative estimate of drug-likeness (QED) is 0.820. The van der Waals surface area contributed by atoms with E-state index in [1.54, 1.807) is 6.20 Å². The van der Waals surface area contributed by atoms with E-state index in [4.69, 9.17) is 0 Å². The summed E-state index contributed by atoms with van der Waals surface area (Å²) in [5.41, 5.74) is 3.39. The number of anilines is 2. The molecule has 0 radical (unpaired) electrons. The van der Waals surface area contributed by atoms with Crippen LogP contribution < -0.4 is 10.6 Å². The summed E-state index contributed by atoms with van der Waals surface area (Å²) in [5.74, 6) is 0. The summed E-state index contributed by atoms with van der Waals surface area (Å²) in [6.45, 7) is 0.793. The normalized spacial score (nSPS) is 9.81. The maximum atomic E-state index is 4.08. The fourth-order valence-corrected chi connectivity index (χ4v) is 1.49. The van der Waals surface area contributed by atoms with Gasteiger partial charge in [0, 0.05) is 37.4 Å². The molecule has 1 aromatic carbocycles. The maximum absolute atomic E-state index is 4.08. The zero-order valence-electron chi connectivity index (χ0n) is 9.27. The van der Waals surface area contributed by atoms with Crippen LogP contribution in [0.25, 0.3) is 0 Å². The number of aromatic nitrogens is 1. The molecule has 0 saturated heterocycles. The SMILES string of the molecule is CNc1cccc(NCc2cccnc2)c1. The van der Waals surface area contributed by atoms with Crippen molar-refractivity contribution < 1.29 is 0 Å². The average Bonchev–Trinajstić information content (AvgIpc) is 2.38. The van der Waals surface area contributed by atoms with Crippen molar-refractivity contribution in [2.45, 2.75) is 6.54 Å². The van der Waals surface area contributed by atoms with Crippen molar-refractivity contribution >= 4 is 11.4 Å². The first-order chi connectivity index (χ1) is 7.88. The topological polar surface area (TPSA) is 37.0 Å².